The van der Waals surface area contributed by atoms with E-state index < -0.39 is 0 Å². The van der Waals surface area contributed by atoms with Gasteiger partial charge in [0, 0.05) is 200 Å². The van der Waals surface area contributed by atoms with Crippen LogP contribution in [0.1, 0.15) is 47.1 Å². The van der Waals surface area contributed by atoms with E-state index in [0.717, 1.165) is 189 Å². The van der Waals surface area contributed by atoms with Crippen molar-refractivity contribution in [3.8, 4) is 35.3 Å². The lowest BCUT2D eigenvalue weighted by Crippen LogP contribution is -2.37. The Balaban J connectivity index is 0.000000116. The van der Waals surface area contributed by atoms with E-state index >= 15 is 0 Å². The lowest BCUT2D eigenvalue weighted by atomic mass is 10.1. The van der Waals surface area contributed by atoms with Crippen LogP contribution in [0.5, 0.6) is 35.3 Å². The molecular weight excluding hydrogens is 1870 g/mol. The molecule has 11 aromatic carbocycles. The zero-order valence-corrected chi connectivity index (χ0v) is 82.9. The largest absolute Gasteiger partial charge is 0.497 e. The minimum absolute atomic E-state index is 0.266. The van der Waals surface area contributed by atoms with Crippen LogP contribution >= 0.6 is 0 Å². The van der Waals surface area contributed by atoms with Gasteiger partial charge in [0.15, 0.2) is 11.5 Å². The van der Waals surface area contributed by atoms with Gasteiger partial charge in [-0.2, -0.15) is 59.8 Å². The van der Waals surface area contributed by atoms with Gasteiger partial charge in [-0.05, 0) is 169 Å². The maximum atomic E-state index is 6.03. The molecule has 9 aromatic heterocycles. The van der Waals surface area contributed by atoms with E-state index in [1.165, 1.54) is 38.1 Å². The summed E-state index contributed by atoms with van der Waals surface area (Å²) >= 11 is 0. The van der Waals surface area contributed by atoms with Crippen molar-refractivity contribution in [2.45, 2.75) is 51.9 Å². The first-order chi connectivity index (χ1) is 73.0. The average Bonchev–Trinajstić information content (AvgIpc) is 1.65. The number of hydrogen-bond acceptors (Lipinski definition) is 31. The van der Waals surface area contributed by atoms with Gasteiger partial charge in [-0.15, -0.1) is 0 Å². The van der Waals surface area contributed by atoms with E-state index in [2.05, 4.69) is 242 Å². The normalized spacial score (nSPS) is 13.8. The van der Waals surface area contributed by atoms with Crippen LogP contribution in [0.25, 0.3) is 87.2 Å². The first-order valence-electron chi connectivity index (χ1n) is 50.2. The first kappa shape index (κ1) is 97.0. The van der Waals surface area contributed by atoms with Crippen LogP contribution in [0, 0.1) is 0 Å². The summed E-state index contributed by atoms with van der Waals surface area (Å²) in [4.78, 5) is 82.9. The number of aromatic nitrogens is 17. The van der Waals surface area contributed by atoms with Gasteiger partial charge in [-0.3, -0.25) is 4.98 Å². The molecule has 0 saturated carbocycles. The summed E-state index contributed by atoms with van der Waals surface area (Å²) in [6.45, 7) is 14.5. The summed E-state index contributed by atoms with van der Waals surface area (Å²) in [7, 11) is 4.91. The van der Waals surface area contributed by atoms with Crippen LogP contribution in [0.3, 0.4) is 0 Å². The van der Waals surface area contributed by atoms with Gasteiger partial charge < -0.3 is 108 Å². The van der Waals surface area contributed by atoms with Gasteiger partial charge in [0.05, 0.1) is 94.0 Å². The third-order valence-electron chi connectivity index (χ3n) is 26.1. The highest BCUT2D eigenvalue weighted by atomic mass is 16.5. The highest BCUT2D eigenvalue weighted by Gasteiger charge is 2.25. The number of fused-ring (bicyclic) bond motifs is 12. The van der Waals surface area contributed by atoms with Gasteiger partial charge in [0.25, 0.3) is 0 Å². The lowest BCUT2D eigenvalue weighted by Gasteiger charge is -2.27. The molecule has 4 aliphatic heterocycles. The van der Waals surface area contributed by atoms with E-state index in [0.29, 0.717) is 163 Å². The molecule has 0 radical (unpaired) electrons. The van der Waals surface area contributed by atoms with Crippen LogP contribution in [-0.2, 0) is 57.5 Å². The van der Waals surface area contributed by atoms with E-state index in [9.17, 15) is 0 Å². The van der Waals surface area contributed by atoms with Gasteiger partial charge >= 0.3 is 18.0 Å². The quantitative estimate of drug-likeness (QED) is 0.0194. The summed E-state index contributed by atoms with van der Waals surface area (Å²) in [5.41, 5.74) is 18.2. The predicted octanol–water partition coefficient (Wildman–Crippen LogP) is 19.4. The molecule has 0 aliphatic carbocycles. The second kappa shape index (κ2) is 46.7. The van der Waals surface area contributed by atoms with Crippen molar-refractivity contribution in [1.82, 2.24) is 84.7 Å². The second-order valence-corrected chi connectivity index (χ2v) is 35.9. The van der Waals surface area contributed by atoms with Crippen LogP contribution < -0.4 is 69.3 Å². The number of benzene rings is 11. The minimum Gasteiger partial charge on any atom is -0.497 e. The fourth-order valence-electron chi connectivity index (χ4n) is 18.3. The molecule has 20 aromatic rings. The SMILES string of the molecule is CCc1ccc(CCCc2nc(Nc3ccc4[nH]c5ccccc5c4c3)nc(N3CCOCC3)n2)nc1.COc1ccc(CCOc2nc(Nc3ccc4[nH]c5ccccc5c4c3)nc(N3CCOCC3)n2)cc1.COc1ccc(CCOc2nc(Nc3ccc4[nH]c5ccccc5c4c3)nc(N3CCOCC3)n2)cc1OC.c1ccc(CCOc2nc(Nc3ccc4[nH]c5ccccc5c4c3)nc(N3CCOCC3)n2)cc1. The van der Waals surface area contributed by atoms with Crippen molar-refractivity contribution >= 4 is 158 Å². The van der Waals surface area contributed by atoms with E-state index in [1.54, 1.807) is 21.3 Å². The molecule has 0 amide bonds. The number of nitrogens with one attached hydrogen (secondary N) is 8. The third kappa shape index (κ3) is 24.1. The number of rotatable bonds is 32. The lowest BCUT2D eigenvalue weighted by molar-refractivity contribution is 0.122. The molecule has 0 bridgehead atoms. The van der Waals surface area contributed by atoms with Crippen LogP contribution in [-0.4, -0.2) is 231 Å². The number of para-hydroxylation sites is 4. The molecule has 13 heterocycles. The van der Waals surface area contributed by atoms with Gasteiger partial charge in [-0.25, -0.2) is 0 Å². The molecule has 4 saturated heterocycles. The Bertz CT molecular complexity index is 7680. The zero-order valence-electron chi connectivity index (χ0n) is 82.9. The molecule has 24 rings (SSSR count). The number of pyridine rings is 1. The summed E-state index contributed by atoms with van der Waals surface area (Å²) in [5.74, 6) is 7.31. The van der Waals surface area contributed by atoms with E-state index in [1.807, 2.05) is 121 Å². The first-order valence-corrected chi connectivity index (χ1v) is 50.2. The number of methoxy groups -OCH3 is 3. The topological polar surface area (TPSA) is 384 Å². The highest BCUT2D eigenvalue weighted by molar-refractivity contribution is 6.11. The maximum Gasteiger partial charge on any atom is 0.323 e. The Morgan fingerprint density at radius 1 is 0.284 bits per heavy atom. The molecular formula is C113H115N25O10. The average molecular weight is 1980 g/mol. The number of H-pyrrole nitrogens is 4. The molecule has 35 heteroatoms. The zero-order chi connectivity index (χ0) is 100. The number of nitrogens with zero attached hydrogens (tertiary/aromatic N) is 17. The fraction of sp³-hybridized carbons (Fsp3) is 0.265. The molecule has 0 unspecified atom stereocenters. The molecule has 0 spiro atoms. The molecule has 148 heavy (non-hydrogen) atoms. The van der Waals surface area contributed by atoms with Crippen LogP contribution in [0.4, 0.5) is 70.3 Å². The molecule has 752 valence electrons. The van der Waals surface area contributed by atoms with Crippen molar-refractivity contribution in [3.63, 3.8) is 0 Å². The van der Waals surface area contributed by atoms with E-state index in [4.69, 9.17) is 77.3 Å². The molecule has 4 aliphatic rings. The van der Waals surface area contributed by atoms with Crippen molar-refractivity contribution in [3.05, 3.63) is 295 Å². The number of anilines is 12. The number of hydrogen-bond donors (Lipinski definition) is 8. The Hall–Kier alpha value is -17.2. The van der Waals surface area contributed by atoms with Crippen molar-refractivity contribution < 1.29 is 47.4 Å². The monoisotopic (exact) mass is 1980 g/mol. The molecule has 4 fully saturated rings. The number of morpholine rings is 4. The maximum absolute atomic E-state index is 6.03. The third-order valence-corrected chi connectivity index (χ3v) is 26.1. The predicted molar refractivity (Wildman–Crippen MR) is 580 cm³/mol. The fourth-order valence-corrected chi connectivity index (χ4v) is 18.3. The Labute approximate surface area is 854 Å². The Kier molecular flexibility index (Phi) is 30.6. The van der Waals surface area contributed by atoms with Crippen LogP contribution in [0.15, 0.2) is 261 Å². The van der Waals surface area contributed by atoms with Crippen molar-refractivity contribution in [2.75, 3.05) is 187 Å². The second-order valence-electron chi connectivity index (χ2n) is 35.9. The number of aryl methyl sites for hydroxylation is 3. The van der Waals surface area contributed by atoms with E-state index in [-0.39, 0.29) is 6.01 Å². The summed E-state index contributed by atoms with van der Waals surface area (Å²) in [6.07, 6.45) is 7.70. The number of ether oxygens (including phenoxy) is 10. The summed E-state index contributed by atoms with van der Waals surface area (Å²) in [6, 6.07) is 87.2. The van der Waals surface area contributed by atoms with Gasteiger partial charge in [0.1, 0.15) is 11.6 Å². The molecule has 8 N–H and O–H groups in total. The molecule has 35 nitrogen and oxygen atoms in total. The van der Waals surface area contributed by atoms with Crippen LogP contribution in [0.2, 0.25) is 0 Å². The Morgan fingerprint density at radius 2 is 0.622 bits per heavy atom. The summed E-state index contributed by atoms with van der Waals surface area (Å²) < 4.78 is 56.0. The highest BCUT2D eigenvalue weighted by Crippen LogP contribution is 2.37. The smallest absolute Gasteiger partial charge is 0.323 e. The Morgan fingerprint density at radius 3 is 0.986 bits per heavy atom. The van der Waals surface area contributed by atoms with Crippen molar-refractivity contribution in [2.24, 2.45) is 0 Å². The number of aromatic amines is 4. The summed E-state index contributed by atoms with van der Waals surface area (Å²) in [5, 5.41) is 22.8. The minimum atomic E-state index is 0.266. The van der Waals surface area contributed by atoms with Crippen molar-refractivity contribution in [1.29, 1.82) is 0 Å². The standard InChI is InChI=1S/C29H31N7O.C29H30N6O4.C28H28N6O3.C27H26N6O2/c1-2-20-10-11-21(30-19-20)6-5-9-27-33-28(35-29(34-27)36-14-16-37-17-15-36)31-22-12-13-26-24(18-22)23-7-3-4-8-25(23)32-26;1-36-25-10-7-19(17-26(25)37-2)11-14-39-29-33-27(32-28(34-29)35-12-15-38-16-13-35)30-20-8-9-24-22(18-20)21-5-3-4-6-23(21)31-24;1-35-21-9-6-19(7-10-21)12-15-37-28-32-26(31-27(33-28)34-13-16-36-17-14-34)29-20-8-11-25-23(18-20)22-4-2-3-5-24(22)30-25;1-2-6-19(7-3-1)12-15-35-27-31-25(30-26(32-27)33-13-16-34-17-14-33)28-20-10-11-24-22(18-20)21-8-4-5-9-23(21)29-24/h3-4,7-8,10-13,18-19,32H,2,5-6,9,14-17H2,1H3,(H,31,33,34,35);3-10,17-18,31H,11-16H2,1-2H3,(H,30,32,33,34);2-11,18,30H,12-17H2,1H3,(H,29,31,32,33);1-11,18,29H,12-17H2,(H,28,30,31,32). The molecule has 0 atom stereocenters. The van der Waals surface area contributed by atoms with Gasteiger partial charge in [0.2, 0.25) is 47.6 Å². The van der Waals surface area contributed by atoms with Gasteiger partial charge in [-0.1, -0.05) is 134 Å².